The Balaban J connectivity index is 1.98. The zero-order valence-electron chi connectivity index (χ0n) is 9.27. The fourth-order valence-corrected chi connectivity index (χ4v) is 1.76. The number of aromatic nitrogens is 2. The van der Waals surface area contributed by atoms with Gasteiger partial charge in [-0.15, -0.1) is 0 Å². The Bertz CT molecular complexity index is 395. The molecule has 2 heterocycles. The van der Waals surface area contributed by atoms with Crippen LogP contribution in [-0.4, -0.2) is 40.3 Å². The summed E-state index contributed by atoms with van der Waals surface area (Å²) in [5.74, 6) is 0.681. The van der Waals surface area contributed by atoms with E-state index in [9.17, 15) is 4.79 Å². The zero-order valence-corrected chi connectivity index (χ0v) is 9.27. The molecule has 0 bridgehead atoms. The molecule has 86 valence electrons. The van der Waals surface area contributed by atoms with Crippen LogP contribution in [0.4, 0.5) is 10.7 Å². The topological polar surface area (TPSA) is 78.4 Å². The van der Waals surface area contributed by atoms with Gasteiger partial charge in [0.05, 0.1) is 6.04 Å². The molecule has 0 spiro atoms. The Morgan fingerprint density at radius 1 is 1.44 bits per heavy atom. The first-order valence-electron chi connectivity index (χ1n) is 5.11. The molecule has 1 amide bonds. The zero-order chi connectivity index (χ0) is 11.7. The molecule has 1 aliphatic rings. The SMILES string of the molecule is Cc1cc(C)nc(N2CC(NC(=O)O)C2)n1. The number of nitrogens with one attached hydrogen (secondary N) is 1. The number of hydrogen-bond donors (Lipinski definition) is 2. The predicted octanol–water partition coefficient (Wildman–Crippen LogP) is 0.550. The summed E-state index contributed by atoms with van der Waals surface area (Å²) in [6.45, 7) is 5.11. The Morgan fingerprint density at radius 3 is 2.50 bits per heavy atom. The van der Waals surface area contributed by atoms with E-state index in [1.54, 1.807) is 0 Å². The maximum atomic E-state index is 10.4. The number of rotatable bonds is 2. The van der Waals surface area contributed by atoms with Crippen LogP contribution in [0.25, 0.3) is 0 Å². The van der Waals surface area contributed by atoms with Gasteiger partial charge >= 0.3 is 6.09 Å². The third-order valence-electron chi connectivity index (χ3n) is 2.46. The van der Waals surface area contributed by atoms with Crippen LogP contribution in [0.5, 0.6) is 0 Å². The lowest BCUT2D eigenvalue weighted by Crippen LogP contribution is -2.59. The quantitative estimate of drug-likeness (QED) is 0.764. The van der Waals surface area contributed by atoms with E-state index in [0.29, 0.717) is 19.0 Å². The maximum Gasteiger partial charge on any atom is 0.405 e. The van der Waals surface area contributed by atoms with Crippen LogP contribution in [0.1, 0.15) is 11.4 Å². The lowest BCUT2D eigenvalue weighted by atomic mass is 10.1. The van der Waals surface area contributed by atoms with Crippen molar-refractivity contribution in [1.82, 2.24) is 15.3 Å². The molecule has 1 aromatic rings. The van der Waals surface area contributed by atoms with Crippen molar-refractivity contribution in [2.75, 3.05) is 18.0 Å². The van der Waals surface area contributed by atoms with E-state index in [0.717, 1.165) is 11.4 Å². The van der Waals surface area contributed by atoms with Crippen LogP contribution < -0.4 is 10.2 Å². The van der Waals surface area contributed by atoms with E-state index in [-0.39, 0.29) is 6.04 Å². The molecular formula is C10H14N4O2. The summed E-state index contributed by atoms with van der Waals surface area (Å²) >= 11 is 0. The first kappa shape index (κ1) is 10.7. The minimum Gasteiger partial charge on any atom is -0.465 e. The van der Waals surface area contributed by atoms with Crippen molar-refractivity contribution in [2.45, 2.75) is 19.9 Å². The Morgan fingerprint density at radius 2 is 2.00 bits per heavy atom. The van der Waals surface area contributed by atoms with Crippen LogP contribution in [0, 0.1) is 13.8 Å². The Hall–Kier alpha value is -1.85. The minimum absolute atomic E-state index is 0.0121. The average molecular weight is 222 g/mol. The second-order valence-corrected chi connectivity index (χ2v) is 4.00. The summed E-state index contributed by atoms with van der Waals surface area (Å²) in [4.78, 5) is 21.0. The highest BCUT2D eigenvalue weighted by Gasteiger charge is 2.29. The van der Waals surface area contributed by atoms with Crippen molar-refractivity contribution in [3.8, 4) is 0 Å². The number of amides is 1. The van der Waals surface area contributed by atoms with Crippen molar-refractivity contribution in [2.24, 2.45) is 0 Å². The third kappa shape index (κ3) is 2.21. The standard InChI is InChI=1S/C10H14N4O2/c1-6-3-7(2)12-9(11-6)14-4-8(5-14)13-10(15)16/h3,8,13H,4-5H2,1-2H3,(H,15,16). The van der Waals surface area contributed by atoms with Gasteiger partial charge in [-0.1, -0.05) is 0 Å². The van der Waals surface area contributed by atoms with Crippen LogP contribution >= 0.6 is 0 Å². The van der Waals surface area contributed by atoms with Crippen LogP contribution in [0.2, 0.25) is 0 Å². The number of aryl methyl sites for hydroxylation is 2. The van der Waals surface area contributed by atoms with Gasteiger partial charge in [0, 0.05) is 24.5 Å². The number of carbonyl (C=O) groups is 1. The second-order valence-electron chi connectivity index (χ2n) is 4.00. The summed E-state index contributed by atoms with van der Waals surface area (Å²) in [5.41, 5.74) is 1.86. The normalized spacial score (nSPS) is 15.8. The molecule has 6 heteroatoms. The number of nitrogens with zero attached hydrogens (tertiary/aromatic N) is 3. The van der Waals surface area contributed by atoms with Crippen molar-refractivity contribution >= 4 is 12.0 Å². The molecule has 0 radical (unpaired) electrons. The molecule has 0 aromatic carbocycles. The number of anilines is 1. The van der Waals surface area contributed by atoms with Crippen molar-refractivity contribution in [3.05, 3.63) is 17.5 Å². The van der Waals surface area contributed by atoms with E-state index < -0.39 is 6.09 Å². The van der Waals surface area contributed by atoms with E-state index in [1.807, 2.05) is 24.8 Å². The predicted molar refractivity (Wildman–Crippen MR) is 58.7 cm³/mol. The molecule has 0 atom stereocenters. The van der Waals surface area contributed by atoms with Crippen molar-refractivity contribution < 1.29 is 9.90 Å². The maximum absolute atomic E-state index is 10.4. The molecule has 6 nitrogen and oxygen atoms in total. The van der Waals surface area contributed by atoms with Crippen LogP contribution in [-0.2, 0) is 0 Å². The van der Waals surface area contributed by atoms with Gasteiger partial charge in [-0.05, 0) is 19.9 Å². The van der Waals surface area contributed by atoms with Crippen LogP contribution in [0.15, 0.2) is 6.07 Å². The first-order valence-corrected chi connectivity index (χ1v) is 5.11. The molecule has 0 unspecified atom stereocenters. The van der Waals surface area contributed by atoms with Crippen LogP contribution in [0.3, 0.4) is 0 Å². The summed E-state index contributed by atoms with van der Waals surface area (Å²) in [7, 11) is 0. The largest absolute Gasteiger partial charge is 0.465 e. The van der Waals surface area contributed by atoms with Gasteiger partial charge in [0.1, 0.15) is 0 Å². The smallest absolute Gasteiger partial charge is 0.405 e. The molecule has 1 fully saturated rings. The fourth-order valence-electron chi connectivity index (χ4n) is 1.76. The van der Waals surface area contributed by atoms with E-state index in [2.05, 4.69) is 15.3 Å². The molecule has 1 aromatic heterocycles. The van der Waals surface area contributed by atoms with Crippen molar-refractivity contribution in [3.63, 3.8) is 0 Å². The lowest BCUT2D eigenvalue weighted by molar-refractivity contribution is 0.187. The molecule has 0 aliphatic carbocycles. The third-order valence-corrected chi connectivity index (χ3v) is 2.46. The molecule has 2 rings (SSSR count). The highest BCUT2D eigenvalue weighted by Crippen LogP contribution is 2.17. The fraction of sp³-hybridized carbons (Fsp3) is 0.500. The lowest BCUT2D eigenvalue weighted by Gasteiger charge is -2.38. The van der Waals surface area contributed by atoms with E-state index in [4.69, 9.17) is 5.11 Å². The summed E-state index contributed by atoms with van der Waals surface area (Å²) < 4.78 is 0. The second kappa shape index (κ2) is 3.96. The Labute approximate surface area is 93.3 Å². The summed E-state index contributed by atoms with van der Waals surface area (Å²) in [6, 6.07) is 1.90. The molecule has 2 N–H and O–H groups in total. The molecule has 16 heavy (non-hydrogen) atoms. The summed E-state index contributed by atoms with van der Waals surface area (Å²) in [6.07, 6.45) is -0.981. The van der Waals surface area contributed by atoms with Gasteiger partial charge in [0.25, 0.3) is 0 Å². The molecule has 1 aliphatic heterocycles. The first-order chi connectivity index (χ1) is 7.54. The molecule has 1 saturated heterocycles. The van der Waals surface area contributed by atoms with E-state index in [1.165, 1.54) is 0 Å². The number of hydrogen-bond acceptors (Lipinski definition) is 4. The highest BCUT2D eigenvalue weighted by molar-refractivity contribution is 5.65. The van der Waals surface area contributed by atoms with Gasteiger partial charge in [0.2, 0.25) is 5.95 Å². The van der Waals surface area contributed by atoms with E-state index >= 15 is 0 Å². The van der Waals surface area contributed by atoms with Gasteiger partial charge in [-0.2, -0.15) is 0 Å². The molecular weight excluding hydrogens is 208 g/mol. The van der Waals surface area contributed by atoms with Gasteiger partial charge in [0.15, 0.2) is 0 Å². The monoisotopic (exact) mass is 222 g/mol. The minimum atomic E-state index is -0.981. The number of carboxylic acid groups (broad SMARTS) is 1. The van der Waals surface area contributed by atoms with Gasteiger partial charge in [-0.25, -0.2) is 14.8 Å². The van der Waals surface area contributed by atoms with Gasteiger partial charge < -0.3 is 15.3 Å². The average Bonchev–Trinajstić information content (AvgIpc) is 2.08. The van der Waals surface area contributed by atoms with Crippen molar-refractivity contribution in [1.29, 1.82) is 0 Å². The molecule has 0 saturated carbocycles. The Kier molecular flexibility index (Phi) is 2.64. The summed E-state index contributed by atoms with van der Waals surface area (Å²) in [5, 5.41) is 11.0. The highest BCUT2D eigenvalue weighted by atomic mass is 16.4. The van der Waals surface area contributed by atoms with Gasteiger partial charge in [-0.3, -0.25) is 0 Å².